The maximum Gasteiger partial charge on any atom is 0.105 e. The Morgan fingerprint density at radius 3 is 2.83 bits per heavy atom. The van der Waals surface area contributed by atoms with Crippen LogP contribution in [0.1, 0.15) is 44.9 Å². The predicted octanol–water partition coefficient (Wildman–Crippen LogP) is 2.20. The topological polar surface area (TPSA) is 39.3 Å². The van der Waals surface area contributed by atoms with E-state index in [9.17, 15) is 4.39 Å². The van der Waals surface area contributed by atoms with Gasteiger partial charge in [0.25, 0.3) is 0 Å². The molecule has 3 heterocycles. The van der Waals surface area contributed by atoms with Gasteiger partial charge < -0.3 is 5.32 Å². The summed E-state index contributed by atoms with van der Waals surface area (Å²) in [6.45, 7) is 3.03. The lowest BCUT2D eigenvalue weighted by Gasteiger charge is -2.47. The van der Waals surface area contributed by atoms with E-state index >= 15 is 0 Å². The summed E-state index contributed by atoms with van der Waals surface area (Å²) in [5.41, 5.74) is 3.40. The third-order valence-corrected chi connectivity index (χ3v) is 7.03. The Morgan fingerprint density at radius 1 is 1.00 bits per heavy atom. The first-order valence-electron chi connectivity index (χ1n) is 9.47. The molecule has 1 aliphatic carbocycles. The van der Waals surface area contributed by atoms with Gasteiger partial charge in [0.15, 0.2) is 0 Å². The Balaban J connectivity index is 1.46. The first-order valence-corrected chi connectivity index (χ1v) is 9.91. The predicted molar refractivity (Wildman–Crippen MR) is 90.7 cm³/mol. The molecule has 4 rings (SSSR count). The molecule has 0 spiro atoms. The normalized spacial score (nSPS) is 49.0. The average molecular weight is 345 g/mol. The lowest BCUT2D eigenvalue weighted by atomic mass is 9.68. The van der Waals surface area contributed by atoms with Crippen molar-refractivity contribution >= 4 is 11.6 Å². The number of nitrogens with one attached hydrogen (secondary N) is 3. The van der Waals surface area contributed by atoms with Crippen molar-refractivity contribution in [3.63, 3.8) is 0 Å². The van der Waals surface area contributed by atoms with Crippen LogP contribution in [-0.4, -0.2) is 48.5 Å². The SMILES string of the molecule is FC1CCC(Cl)CC1C1NCCCC1C1CCN2NCNC2C1. The molecule has 4 fully saturated rings. The Hall–Kier alpha value is 0.0600. The van der Waals surface area contributed by atoms with E-state index < -0.39 is 6.17 Å². The number of hydrogen-bond donors (Lipinski definition) is 3. The Labute approximate surface area is 143 Å². The number of halogens is 2. The van der Waals surface area contributed by atoms with Gasteiger partial charge in [-0.2, -0.15) is 0 Å². The number of alkyl halides is 2. The van der Waals surface area contributed by atoms with Gasteiger partial charge >= 0.3 is 0 Å². The monoisotopic (exact) mass is 344 g/mol. The first-order chi connectivity index (χ1) is 11.2. The summed E-state index contributed by atoms with van der Waals surface area (Å²) in [6, 6.07) is 0.325. The van der Waals surface area contributed by atoms with E-state index in [-0.39, 0.29) is 11.3 Å². The van der Waals surface area contributed by atoms with Gasteiger partial charge in [-0.15, -0.1) is 11.6 Å². The Kier molecular flexibility index (Phi) is 5.12. The summed E-state index contributed by atoms with van der Waals surface area (Å²) in [5, 5.41) is 9.74. The molecule has 3 saturated heterocycles. The lowest BCUT2D eigenvalue weighted by Crippen LogP contribution is -2.55. The van der Waals surface area contributed by atoms with Crippen LogP contribution in [0, 0.1) is 17.8 Å². The van der Waals surface area contributed by atoms with Gasteiger partial charge in [0, 0.05) is 23.9 Å². The second-order valence-electron chi connectivity index (χ2n) is 7.91. The molecule has 7 atom stereocenters. The fourth-order valence-electron chi connectivity index (χ4n) is 5.45. The second-order valence-corrected chi connectivity index (χ2v) is 8.53. The molecule has 1 saturated carbocycles. The minimum Gasteiger partial charge on any atom is -0.313 e. The molecule has 0 aromatic rings. The zero-order valence-electron chi connectivity index (χ0n) is 13.8. The van der Waals surface area contributed by atoms with Gasteiger partial charge in [0.2, 0.25) is 0 Å². The highest BCUT2D eigenvalue weighted by Crippen LogP contribution is 2.42. The molecule has 7 unspecified atom stereocenters. The third kappa shape index (κ3) is 3.40. The van der Waals surface area contributed by atoms with Crippen molar-refractivity contribution in [3.05, 3.63) is 0 Å². The highest BCUT2D eigenvalue weighted by molar-refractivity contribution is 6.20. The van der Waals surface area contributed by atoms with E-state index in [1.165, 1.54) is 25.7 Å². The van der Waals surface area contributed by atoms with Crippen LogP contribution in [0.3, 0.4) is 0 Å². The molecule has 3 aliphatic heterocycles. The standard InChI is InChI=1S/C17H30ClFN4/c18-12-3-4-15(19)14(9-12)17-13(2-1-6-20-17)11-5-7-23-16(8-11)21-10-22-23/h11-17,20-22H,1-10H2. The van der Waals surface area contributed by atoms with Gasteiger partial charge in [-0.3, -0.25) is 5.32 Å². The number of piperidine rings is 2. The van der Waals surface area contributed by atoms with E-state index in [0.29, 0.717) is 30.5 Å². The molecule has 3 N–H and O–H groups in total. The zero-order chi connectivity index (χ0) is 15.8. The van der Waals surface area contributed by atoms with E-state index in [1.807, 2.05) is 0 Å². The van der Waals surface area contributed by atoms with Crippen molar-refractivity contribution < 1.29 is 4.39 Å². The van der Waals surface area contributed by atoms with Crippen LogP contribution >= 0.6 is 11.6 Å². The molecule has 0 bridgehead atoms. The summed E-state index contributed by atoms with van der Waals surface area (Å²) in [4.78, 5) is 0. The van der Waals surface area contributed by atoms with Gasteiger partial charge in [0.05, 0.1) is 12.8 Å². The van der Waals surface area contributed by atoms with Crippen molar-refractivity contribution in [1.82, 2.24) is 21.1 Å². The smallest absolute Gasteiger partial charge is 0.105 e. The molecule has 4 nitrogen and oxygen atoms in total. The number of hydrogen-bond acceptors (Lipinski definition) is 4. The van der Waals surface area contributed by atoms with Crippen LogP contribution in [0.2, 0.25) is 0 Å². The molecular formula is C17H30ClFN4. The maximum absolute atomic E-state index is 14.6. The molecule has 0 radical (unpaired) electrons. The maximum atomic E-state index is 14.6. The number of fused-ring (bicyclic) bond motifs is 1. The minimum absolute atomic E-state index is 0.115. The lowest BCUT2D eigenvalue weighted by molar-refractivity contribution is 0.0236. The first kappa shape index (κ1) is 16.5. The van der Waals surface area contributed by atoms with E-state index in [2.05, 4.69) is 21.1 Å². The summed E-state index contributed by atoms with van der Waals surface area (Å²) in [6.07, 6.45) is 7.01. The molecule has 0 amide bonds. The van der Waals surface area contributed by atoms with Crippen LogP contribution in [0.4, 0.5) is 4.39 Å². The fraction of sp³-hybridized carbons (Fsp3) is 1.00. The highest BCUT2D eigenvalue weighted by atomic mass is 35.5. The molecule has 132 valence electrons. The van der Waals surface area contributed by atoms with Gasteiger partial charge in [-0.25, -0.2) is 14.8 Å². The van der Waals surface area contributed by atoms with Crippen LogP contribution in [0.25, 0.3) is 0 Å². The molecule has 4 aliphatic rings. The molecule has 6 heteroatoms. The number of hydrazine groups is 1. The highest BCUT2D eigenvalue weighted by Gasteiger charge is 2.44. The average Bonchev–Trinajstić information content (AvgIpc) is 3.05. The molecular weight excluding hydrogens is 315 g/mol. The van der Waals surface area contributed by atoms with Gasteiger partial charge in [-0.05, 0) is 63.3 Å². The Morgan fingerprint density at radius 2 is 1.91 bits per heavy atom. The van der Waals surface area contributed by atoms with E-state index in [1.54, 1.807) is 0 Å². The third-order valence-electron chi connectivity index (χ3n) is 6.63. The largest absolute Gasteiger partial charge is 0.313 e. The summed E-state index contributed by atoms with van der Waals surface area (Å²) >= 11 is 6.38. The van der Waals surface area contributed by atoms with Crippen LogP contribution in [-0.2, 0) is 0 Å². The zero-order valence-corrected chi connectivity index (χ0v) is 14.6. The van der Waals surface area contributed by atoms with Crippen molar-refractivity contribution in [1.29, 1.82) is 0 Å². The second kappa shape index (κ2) is 7.12. The van der Waals surface area contributed by atoms with E-state index in [0.717, 1.165) is 32.6 Å². The van der Waals surface area contributed by atoms with Gasteiger partial charge in [-0.1, -0.05) is 0 Å². The Bertz CT molecular complexity index is 412. The summed E-state index contributed by atoms with van der Waals surface area (Å²) in [7, 11) is 0. The number of nitrogens with zero attached hydrogens (tertiary/aromatic N) is 1. The number of rotatable bonds is 2. The minimum atomic E-state index is -0.672. The van der Waals surface area contributed by atoms with Crippen LogP contribution in [0.15, 0.2) is 0 Å². The van der Waals surface area contributed by atoms with Gasteiger partial charge in [0.1, 0.15) is 6.17 Å². The van der Waals surface area contributed by atoms with Crippen molar-refractivity contribution in [2.24, 2.45) is 17.8 Å². The molecule has 0 aromatic heterocycles. The quantitative estimate of drug-likeness (QED) is 0.672. The van der Waals surface area contributed by atoms with Crippen LogP contribution in [0.5, 0.6) is 0 Å². The fourth-order valence-corrected chi connectivity index (χ4v) is 5.78. The van der Waals surface area contributed by atoms with Crippen LogP contribution < -0.4 is 16.1 Å². The summed E-state index contributed by atoms with van der Waals surface area (Å²) in [5.74, 6) is 1.42. The van der Waals surface area contributed by atoms with Crippen molar-refractivity contribution in [2.45, 2.75) is 68.7 Å². The van der Waals surface area contributed by atoms with Crippen molar-refractivity contribution in [3.8, 4) is 0 Å². The molecule has 23 heavy (non-hydrogen) atoms. The van der Waals surface area contributed by atoms with Crippen molar-refractivity contribution in [2.75, 3.05) is 19.8 Å². The summed E-state index contributed by atoms with van der Waals surface area (Å²) < 4.78 is 14.6. The molecule has 0 aromatic carbocycles. The van der Waals surface area contributed by atoms with E-state index in [4.69, 9.17) is 11.6 Å².